The van der Waals surface area contributed by atoms with Gasteiger partial charge in [-0.3, -0.25) is 9.20 Å². The van der Waals surface area contributed by atoms with E-state index in [-0.39, 0.29) is 11.5 Å². The highest BCUT2D eigenvalue weighted by atomic mass is 32.2. The molecule has 0 saturated carbocycles. The molecule has 0 bridgehead atoms. The Hall–Kier alpha value is -2.65. The van der Waals surface area contributed by atoms with Crippen LogP contribution >= 0.6 is 23.1 Å². The van der Waals surface area contributed by atoms with Crippen molar-refractivity contribution in [1.82, 2.24) is 19.6 Å². The average Bonchev–Trinajstić information content (AvgIpc) is 3.42. The van der Waals surface area contributed by atoms with E-state index in [4.69, 9.17) is 14.5 Å². The van der Waals surface area contributed by atoms with Crippen LogP contribution < -0.4 is 9.47 Å². The van der Waals surface area contributed by atoms with E-state index in [0.717, 1.165) is 41.0 Å². The number of fused-ring (bicyclic) bond motifs is 6. The van der Waals surface area contributed by atoms with E-state index in [1.54, 1.807) is 18.2 Å². The summed E-state index contributed by atoms with van der Waals surface area (Å²) in [5.74, 6) is 3.24. The molecule has 6 rings (SSSR count). The monoisotopic (exact) mass is 480 g/mol. The van der Waals surface area contributed by atoms with Crippen LogP contribution in [0.1, 0.15) is 46.9 Å². The number of ether oxygens (including phenoxy) is 2. The molecule has 2 aliphatic rings. The molecule has 0 saturated heterocycles. The van der Waals surface area contributed by atoms with Crippen molar-refractivity contribution in [2.75, 3.05) is 19.0 Å². The van der Waals surface area contributed by atoms with Gasteiger partial charge >= 0.3 is 0 Å². The number of hydrogen-bond acceptors (Lipinski definition) is 8. The number of aryl methyl sites for hydroxylation is 2. The minimum atomic E-state index is 0.0164. The summed E-state index contributed by atoms with van der Waals surface area (Å²) in [5, 5.41) is 10.9. The summed E-state index contributed by atoms with van der Waals surface area (Å²) in [6.07, 6.45) is 4.15. The molecule has 9 heteroatoms. The van der Waals surface area contributed by atoms with Crippen LogP contribution in [0.2, 0.25) is 0 Å². The Morgan fingerprint density at radius 2 is 2.09 bits per heavy atom. The lowest BCUT2D eigenvalue weighted by Crippen LogP contribution is -2.16. The second kappa shape index (κ2) is 8.29. The first-order chi connectivity index (χ1) is 16.1. The molecule has 4 heterocycles. The summed E-state index contributed by atoms with van der Waals surface area (Å²) < 4.78 is 13.2. The number of carbonyl (C=O) groups is 1. The molecule has 3 aromatic heterocycles. The molecule has 1 aliphatic heterocycles. The van der Waals surface area contributed by atoms with Gasteiger partial charge in [0.1, 0.15) is 23.9 Å². The Balaban J connectivity index is 1.32. The number of carbonyl (C=O) groups excluding carboxylic acids is 1. The van der Waals surface area contributed by atoms with E-state index in [1.807, 2.05) is 11.3 Å². The Labute approximate surface area is 199 Å². The van der Waals surface area contributed by atoms with Gasteiger partial charge in [0.2, 0.25) is 0 Å². The number of benzene rings is 1. The van der Waals surface area contributed by atoms with E-state index >= 15 is 0 Å². The Bertz CT molecular complexity index is 1390. The highest BCUT2D eigenvalue weighted by Gasteiger charge is 2.25. The maximum atomic E-state index is 12.9. The SMILES string of the molecule is CCc1nc2sc3c(c2c2nnc(SCC(=O)c4ccc5c(c4)OCCO5)n12)CCC(C)C3. The van der Waals surface area contributed by atoms with Crippen molar-refractivity contribution in [3.8, 4) is 11.5 Å². The van der Waals surface area contributed by atoms with Gasteiger partial charge in [-0.25, -0.2) is 4.98 Å². The van der Waals surface area contributed by atoms with Crippen molar-refractivity contribution in [1.29, 1.82) is 0 Å². The fraction of sp³-hybridized carbons (Fsp3) is 0.417. The molecule has 33 heavy (non-hydrogen) atoms. The Morgan fingerprint density at radius 1 is 1.24 bits per heavy atom. The van der Waals surface area contributed by atoms with Gasteiger partial charge in [0.05, 0.1) is 11.1 Å². The molecule has 0 radical (unpaired) electrons. The molecular formula is C24H24N4O3S2. The maximum Gasteiger partial charge on any atom is 0.197 e. The third-order valence-corrected chi connectivity index (χ3v) is 8.43. The summed E-state index contributed by atoms with van der Waals surface area (Å²) >= 11 is 3.22. The minimum absolute atomic E-state index is 0.0164. The molecule has 7 nitrogen and oxygen atoms in total. The third-order valence-electron chi connectivity index (χ3n) is 6.35. The summed E-state index contributed by atoms with van der Waals surface area (Å²) in [7, 11) is 0. The quantitative estimate of drug-likeness (QED) is 0.301. The number of aromatic nitrogens is 4. The number of rotatable bonds is 5. The van der Waals surface area contributed by atoms with Crippen LogP contribution in [0.25, 0.3) is 15.9 Å². The molecule has 170 valence electrons. The van der Waals surface area contributed by atoms with Gasteiger partial charge in [-0.2, -0.15) is 0 Å². The van der Waals surface area contributed by atoms with Crippen molar-refractivity contribution < 1.29 is 14.3 Å². The van der Waals surface area contributed by atoms with Crippen LogP contribution in [0.15, 0.2) is 23.4 Å². The number of thioether (sulfide) groups is 1. The molecule has 0 amide bonds. The smallest absolute Gasteiger partial charge is 0.197 e. The first kappa shape index (κ1) is 20.9. The van der Waals surface area contributed by atoms with Gasteiger partial charge in [0, 0.05) is 16.9 Å². The third kappa shape index (κ3) is 3.58. The van der Waals surface area contributed by atoms with Crippen molar-refractivity contribution in [2.24, 2.45) is 5.92 Å². The summed E-state index contributed by atoms with van der Waals surface area (Å²) in [6, 6.07) is 5.36. The fourth-order valence-electron chi connectivity index (χ4n) is 4.64. The van der Waals surface area contributed by atoms with E-state index < -0.39 is 0 Å². The predicted molar refractivity (Wildman–Crippen MR) is 129 cm³/mol. The lowest BCUT2D eigenvalue weighted by molar-refractivity contribution is 0.102. The first-order valence-electron chi connectivity index (χ1n) is 11.4. The van der Waals surface area contributed by atoms with Crippen LogP contribution in [0, 0.1) is 5.92 Å². The normalized spacial score (nSPS) is 17.5. The van der Waals surface area contributed by atoms with Crippen molar-refractivity contribution >= 4 is 44.7 Å². The van der Waals surface area contributed by atoms with Crippen LogP contribution in [0.3, 0.4) is 0 Å². The van der Waals surface area contributed by atoms with Crippen LogP contribution in [-0.2, 0) is 19.3 Å². The van der Waals surface area contributed by atoms with Gasteiger partial charge in [-0.05, 0) is 48.9 Å². The van der Waals surface area contributed by atoms with Crippen LogP contribution in [-0.4, -0.2) is 44.3 Å². The second-order valence-corrected chi connectivity index (χ2v) is 10.7. The molecule has 1 aliphatic carbocycles. The molecular weight excluding hydrogens is 456 g/mol. The van der Waals surface area contributed by atoms with E-state index in [1.165, 1.54) is 28.6 Å². The van der Waals surface area contributed by atoms with E-state index in [2.05, 4.69) is 28.4 Å². The molecule has 0 N–H and O–H groups in total. The number of nitrogens with zero attached hydrogens (tertiary/aromatic N) is 4. The second-order valence-electron chi connectivity index (χ2n) is 8.63. The number of ketones is 1. The molecule has 1 atom stereocenters. The highest BCUT2D eigenvalue weighted by Crippen LogP contribution is 2.40. The summed E-state index contributed by atoms with van der Waals surface area (Å²) in [4.78, 5) is 20.4. The Kier molecular flexibility index (Phi) is 5.25. The van der Waals surface area contributed by atoms with E-state index in [9.17, 15) is 4.79 Å². The fourth-order valence-corrected chi connectivity index (χ4v) is 6.88. The minimum Gasteiger partial charge on any atom is -0.486 e. The number of Topliss-reactive ketones (excluding diaryl/α,β-unsaturated/α-hetero) is 1. The van der Waals surface area contributed by atoms with E-state index in [0.29, 0.717) is 41.4 Å². The molecule has 1 aromatic carbocycles. The average molecular weight is 481 g/mol. The topological polar surface area (TPSA) is 78.6 Å². The summed E-state index contributed by atoms with van der Waals surface area (Å²) in [5.41, 5.74) is 2.88. The zero-order valence-electron chi connectivity index (χ0n) is 18.6. The van der Waals surface area contributed by atoms with Crippen molar-refractivity contribution in [2.45, 2.75) is 44.7 Å². The van der Waals surface area contributed by atoms with Crippen molar-refractivity contribution in [3.05, 3.63) is 40.0 Å². The first-order valence-corrected chi connectivity index (χ1v) is 13.2. The lowest BCUT2D eigenvalue weighted by atomic mass is 9.89. The van der Waals surface area contributed by atoms with Gasteiger partial charge in [-0.1, -0.05) is 25.6 Å². The molecule has 0 fully saturated rings. The Morgan fingerprint density at radius 3 is 2.94 bits per heavy atom. The zero-order valence-corrected chi connectivity index (χ0v) is 20.2. The maximum absolute atomic E-state index is 12.9. The molecule has 4 aromatic rings. The van der Waals surface area contributed by atoms with Gasteiger partial charge in [0.25, 0.3) is 0 Å². The van der Waals surface area contributed by atoms with Gasteiger partial charge in [0.15, 0.2) is 28.1 Å². The van der Waals surface area contributed by atoms with Gasteiger partial charge in [-0.15, -0.1) is 21.5 Å². The molecule has 1 unspecified atom stereocenters. The molecule has 0 spiro atoms. The number of hydrogen-bond donors (Lipinski definition) is 0. The van der Waals surface area contributed by atoms with Crippen LogP contribution in [0.4, 0.5) is 0 Å². The number of thiophene rings is 1. The lowest BCUT2D eigenvalue weighted by Gasteiger charge is -2.18. The summed E-state index contributed by atoms with van der Waals surface area (Å²) in [6.45, 7) is 5.44. The largest absolute Gasteiger partial charge is 0.486 e. The van der Waals surface area contributed by atoms with Gasteiger partial charge < -0.3 is 9.47 Å². The highest BCUT2D eigenvalue weighted by molar-refractivity contribution is 7.99. The standard InChI is InChI=1S/C24H24N4O3S2/c1-3-20-25-23-21(15-6-4-13(2)10-19(15)33-23)22-26-27-24(28(20)22)32-12-16(29)14-5-7-17-18(11-14)31-9-8-30-17/h5,7,11,13H,3-4,6,8-10,12H2,1-2H3. The zero-order chi connectivity index (χ0) is 22.5. The predicted octanol–water partition coefficient (Wildman–Crippen LogP) is 4.77. The van der Waals surface area contributed by atoms with Crippen molar-refractivity contribution in [3.63, 3.8) is 0 Å². The van der Waals surface area contributed by atoms with Crippen LogP contribution in [0.5, 0.6) is 11.5 Å².